The number of carboxylic acids is 1. The van der Waals surface area contributed by atoms with Crippen molar-refractivity contribution in [2.75, 3.05) is 6.54 Å². The van der Waals surface area contributed by atoms with Gasteiger partial charge in [-0.05, 0) is 37.3 Å². The Balaban J connectivity index is 1.63. The first-order valence-corrected chi connectivity index (χ1v) is 8.69. The van der Waals surface area contributed by atoms with Gasteiger partial charge in [0.15, 0.2) is 0 Å². The molecule has 23 heavy (non-hydrogen) atoms. The number of fused-ring (bicyclic) bond motifs is 1. The van der Waals surface area contributed by atoms with Crippen molar-refractivity contribution in [3.05, 3.63) is 29.3 Å². The number of carboxylic acid groups (broad SMARTS) is 1. The minimum absolute atomic E-state index is 0.00783. The average Bonchev–Trinajstić information content (AvgIpc) is 2.91. The maximum Gasteiger partial charge on any atom is 0.303 e. The number of hydrogen-bond acceptors (Lipinski definition) is 4. The second-order valence-corrected chi connectivity index (χ2v) is 6.90. The lowest BCUT2D eigenvalue weighted by Crippen LogP contribution is -2.28. The molecule has 1 amide bonds. The smallest absolute Gasteiger partial charge is 0.303 e. The number of aryl methyl sites for hydroxylation is 1. The largest absolute Gasteiger partial charge is 0.481 e. The van der Waals surface area contributed by atoms with Crippen LogP contribution in [-0.2, 0) is 16.0 Å². The summed E-state index contributed by atoms with van der Waals surface area (Å²) in [5, 5.41) is 12.6. The number of benzene rings is 1. The highest BCUT2D eigenvalue weighted by molar-refractivity contribution is 7.18. The molecule has 1 aromatic carbocycles. The molecule has 0 aliphatic rings. The van der Waals surface area contributed by atoms with Crippen LogP contribution in [0.5, 0.6) is 0 Å². The van der Waals surface area contributed by atoms with Gasteiger partial charge in [0.1, 0.15) is 0 Å². The number of carbonyl (C=O) groups is 2. The van der Waals surface area contributed by atoms with Crippen LogP contribution in [-0.4, -0.2) is 28.5 Å². The van der Waals surface area contributed by atoms with Crippen LogP contribution in [0.15, 0.2) is 24.3 Å². The second kappa shape index (κ2) is 8.62. The van der Waals surface area contributed by atoms with Gasteiger partial charge in [-0.2, -0.15) is 0 Å². The van der Waals surface area contributed by atoms with Crippen molar-refractivity contribution in [2.24, 2.45) is 5.92 Å². The predicted molar refractivity (Wildman–Crippen MR) is 91.6 cm³/mol. The van der Waals surface area contributed by atoms with Gasteiger partial charge in [0.05, 0.1) is 15.2 Å². The second-order valence-electron chi connectivity index (χ2n) is 5.79. The Morgan fingerprint density at radius 1 is 1.30 bits per heavy atom. The number of para-hydroxylation sites is 1. The number of rotatable bonds is 9. The van der Waals surface area contributed by atoms with Crippen LogP contribution in [0.3, 0.4) is 0 Å². The highest BCUT2D eigenvalue weighted by atomic mass is 32.1. The average molecular weight is 334 g/mol. The molecule has 2 aromatic rings. The summed E-state index contributed by atoms with van der Waals surface area (Å²) >= 11 is 1.71. The normalized spacial score (nSPS) is 12.2. The Morgan fingerprint density at radius 2 is 2.09 bits per heavy atom. The van der Waals surface area contributed by atoms with Crippen LogP contribution in [0.2, 0.25) is 0 Å². The van der Waals surface area contributed by atoms with E-state index in [0.717, 1.165) is 29.8 Å². The monoisotopic (exact) mass is 334 g/mol. The SMILES string of the molecule is CC(CNC(=O)CCCCc1nc2ccccc2s1)CC(=O)O. The van der Waals surface area contributed by atoms with Crippen molar-refractivity contribution in [3.63, 3.8) is 0 Å². The van der Waals surface area contributed by atoms with Crippen molar-refractivity contribution < 1.29 is 14.7 Å². The van der Waals surface area contributed by atoms with Crippen molar-refractivity contribution in [1.29, 1.82) is 0 Å². The van der Waals surface area contributed by atoms with Crippen LogP contribution in [0.4, 0.5) is 0 Å². The van der Waals surface area contributed by atoms with Gasteiger partial charge >= 0.3 is 5.97 Å². The van der Waals surface area contributed by atoms with Gasteiger partial charge in [0, 0.05) is 19.4 Å². The first-order valence-electron chi connectivity index (χ1n) is 7.87. The van der Waals surface area contributed by atoms with Gasteiger partial charge in [-0.15, -0.1) is 11.3 Å². The number of aromatic nitrogens is 1. The van der Waals surface area contributed by atoms with Gasteiger partial charge in [-0.1, -0.05) is 19.1 Å². The van der Waals surface area contributed by atoms with Crippen LogP contribution in [0.25, 0.3) is 10.2 Å². The van der Waals surface area contributed by atoms with Gasteiger partial charge in [-0.25, -0.2) is 4.98 Å². The van der Waals surface area contributed by atoms with Crippen LogP contribution < -0.4 is 5.32 Å². The van der Waals surface area contributed by atoms with Crippen LogP contribution in [0, 0.1) is 5.92 Å². The summed E-state index contributed by atoms with van der Waals surface area (Å²) < 4.78 is 1.20. The highest BCUT2D eigenvalue weighted by Crippen LogP contribution is 2.22. The summed E-state index contributed by atoms with van der Waals surface area (Å²) in [5.74, 6) is -0.881. The minimum atomic E-state index is -0.831. The number of nitrogens with zero attached hydrogens (tertiary/aromatic N) is 1. The third-order valence-corrected chi connectivity index (χ3v) is 4.65. The molecular formula is C17H22N2O3S. The minimum Gasteiger partial charge on any atom is -0.481 e. The summed E-state index contributed by atoms with van der Waals surface area (Å²) in [4.78, 5) is 26.8. The molecule has 0 radical (unpaired) electrons. The van der Waals surface area contributed by atoms with Crippen molar-refractivity contribution in [1.82, 2.24) is 10.3 Å². The number of amides is 1. The first-order chi connectivity index (χ1) is 11.0. The molecule has 1 unspecified atom stereocenters. The molecule has 0 aliphatic carbocycles. The fraction of sp³-hybridized carbons (Fsp3) is 0.471. The van der Waals surface area contributed by atoms with E-state index in [-0.39, 0.29) is 18.2 Å². The molecule has 0 spiro atoms. The Labute approximate surface area is 139 Å². The molecule has 0 bridgehead atoms. The van der Waals surface area contributed by atoms with E-state index >= 15 is 0 Å². The summed E-state index contributed by atoms with van der Waals surface area (Å²) in [5.41, 5.74) is 1.04. The molecule has 0 fully saturated rings. The Kier molecular flexibility index (Phi) is 6.52. The van der Waals surface area contributed by atoms with Crippen molar-refractivity contribution in [3.8, 4) is 0 Å². The van der Waals surface area contributed by atoms with E-state index in [2.05, 4.69) is 16.4 Å². The standard InChI is InChI=1S/C17H22N2O3S/c1-12(10-17(21)22)11-18-15(20)8-4-5-9-16-19-13-6-2-3-7-14(13)23-16/h2-3,6-7,12H,4-5,8-11H2,1H3,(H,18,20)(H,21,22). The lowest BCUT2D eigenvalue weighted by atomic mass is 10.1. The molecular weight excluding hydrogens is 312 g/mol. The zero-order chi connectivity index (χ0) is 16.7. The number of aliphatic carboxylic acids is 1. The third kappa shape index (κ3) is 5.98. The lowest BCUT2D eigenvalue weighted by Gasteiger charge is -2.10. The Morgan fingerprint density at radius 3 is 2.83 bits per heavy atom. The molecule has 6 heteroatoms. The van der Waals surface area contributed by atoms with E-state index in [9.17, 15) is 9.59 Å². The maximum atomic E-state index is 11.7. The molecule has 0 saturated heterocycles. The number of hydrogen-bond donors (Lipinski definition) is 2. The zero-order valence-electron chi connectivity index (χ0n) is 13.2. The van der Waals surface area contributed by atoms with E-state index in [1.807, 2.05) is 25.1 Å². The van der Waals surface area contributed by atoms with E-state index in [1.54, 1.807) is 11.3 Å². The highest BCUT2D eigenvalue weighted by Gasteiger charge is 2.09. The number of thiazole rings is 1. The molecule has 2 rings (SSSR count). The van der Waals surface area contributed by atoms with Crippen LogP contribution in [0.1, 0.15) is 37.6 Å². The molecule has 5 nitrogen and oxygen atoms in total. The van der Waals surface area contributed by atoms with Gasteiger partial charge in [0.25, 0.3) is 0 Å². The molecule has 1 heterocycles. The fourth-order valence-corrected chi connectivity index (χ4v) is 3.34. The third-order valence-electron chi connectivity index (χ3n) is 3.55. The predicted octanol–water partition coefficient (Wildman–Crippen LogP) is 3.24. The molecule has 1 atom stereocenters. The quantitative estimate of drug-likeness (QED) is 0.690. The van der Waals surface area contributed by atoms with Crippen molar-refractivity contribution in [2.45, 2.75) is 39.0 Å². The topological polar surface area (TPSA) is 79.3 Å². The molecule has 124 valence electrons. The Bertz CT molecular complexity index is 636. The van der Waals surface area contributed by atoms with Crippen LogP contribution >= 0.6 is 11.3 Å². The van der Waals surface area contributed by atoms with E-state index < -0.39 is 5.97 Å². The maximum absolute atomic E-state index is 11.7. The first kappa shape index (κ1) is 17.4. The zero-order valence-corrected chi connectivity index (χ0v) is 14.1. The van der Waals surface area contributed by atoms with Gasteiger partial charge < -0.3 is 10.4 Å². The number of unbranched alkanes of at least 4 members (excludes halogenated alkanes) is 1. The number of carbonyl (C=O) groups excluding carboxylic acids is 1. The van der Waals surface area contributed by atoms with E-state index in [0.29, 0.717) is 13.0 Å². The number of nitrogens with one attached hydrogen (secondary N) is 1. The summed E-state index contributed by atoms with van der Waals surface area (Å²) in [7, 11) is 0. The Hall–Kier alpha value is -1.95. The summed E-state index contributed by atoms with van der Waals surface area (Å²) in [6.45, 7) is 2.24. The molecule has 1 aromatic heterocycles. The van der Waals surface area contributed by atoms with E-state index in [4.69, 9.17) is 5.11 Å². The lowest BCUT2D eigenvalue weighted by molar-refractivity contribution is -0.138. The fourth-order valence-electron chi connectivity index (χ4n) is 2.34. The molecule has 0 aliphatic heterocycles. The summed E-state index contributed by atoms with van der Waals surface area (Å²) in [6, 6.07) is 8.09. The molecule has 0 saturated carbocycles. The summed E-state index contributed by atoms with van der Waals surface area (Å²) in [6.07, 6.45) is 3.19. The van der Waals surface area contributed by atoms with Gasteiger partial charge in [0.2, 0.25) is 5.91 Å². The van der Waals surface area contributed by atoms with Crippen molar-refractivity contribution >= 4 is 33.4 Å². The van der Waals surface area contributed by atoms with E-state index in [1.165, 1.54) is 4.70 Å². The van der Waals surface area contributed by atoms with Gasteiger partial charge in [-0.3, -0.25) is 9.59 Å². The molecule has 2 N–H and O–H groups in total.